The van der Waals surface area contributed by atoms with E-state index >= 15 is 0 Å². The number of pyridine rings is 1. The minimum atomic E-state index is -0.0525. The summed E-state index contributed by atoms with van der Waals surface area (Å²) in [5.41, 5.74) is 1.05. The molecule has 0 spiro atoms. The van der Waals surface area contributed by atoms with Crippen molar-refractivity contribution in [3.63, 3.8) is 0 Å². The zero-order valence-corrected chi connectivity index (χ0v) is 14.2. The van der Waals surface area contributed by atoms with E-state index in [1.165, 1.54) is 0 Å². The Bertz CT molecular complexity index is 655. The summed E-state index contributed by atoms with van der Waals surface area (Å²) in [6, 6.07) is 13.4. The van der Waals surface area contributed by atoms with Crippen molar-refractivity contribution in [3.8, 4) is 5.75 Å². The molecule has 0 unspecified atom stereocenters. The van der Waals surface area contributed by atoms with E-state index in [4.69, 9.17) is 9.47 Å². The number of nitrogens with zero attached hydrogens (tertiary/aromatic N) is 2. The van der Waals surface area contributed by atoms with Crippen molar-refractivity contribution in [2.45, 2.75) is 12.8 Å². The standard InChI is InChI=1S/C19H23N3O3/c23-19(7-4-12-25-17-5-2-1-3-6-17)21-18-9-8-16(15-20-18)22-10-13-24-14-11-22/h1-3,5-6,8-9,15H,4,7,10-14H2,(H,20,21,23). The molecule has 2 aromatic rings. The highest BCUT2D eigenvalue weighted by molar-refractivity contribution is 5.89. The molecule has 0 aliphatic carbocycles. The SMILES string of the molecule is O=C(CCCOc1ccccc1)Nc1ccc(N2CCOCC2)cn1. The van der Waals surface area contributed by atoms with E-state index in [1.807, 2.05) is 42.5 Å². The molecule has 6 nitrogen and oxygen atoms in total. The van der Waals surface area contributed by atoms with Gasteiger partial charge >= 0.3 is 0 Å². The summed E-state index contributed by atoms with van der Waals surface area (Å²) in [6.07, 6.45) is 2.85. The first-order valence-electron chi connectivity index (χ1n) is 8.58. The van der Waals surface area contributed by atoms with Gasteiger partial charge in [0.1, 0.15) is 11.6 Å². The van der Waals surface area contributed by atoms with E-state index in [1.54, 1.807) is 6.20 Å². The van der Waals surface area contributed by atoms with Gasteiger partial charge in [-0.2, -0.15) is 0 Å². The summed E-state index contributed by atoms with van der Waals surface area (Å²) in [5.74, 6) is 1.34. The quantitative estimate of drug-likeness (QED) is 0.785. The van der Waals surface area contributed by atoms with Crippen molar-refractivity contribution in [2.75, 3.05) is 43.1 Å². The maximum absolute atomic E-state index is 12.0. The van der Waals surface area contributed by atoms with Crippen molar-refractivity contribution >= 4 is 17.4 Å². The third-order valence-corrected chi connectivity index (χ3v) is 3.95. The molecule has 1 aromatic heterocycles. The first-order valence-corrected chi connectivity index (χ1v) is 8.58. The summed E-state index contributed by atoms with van der Waals surface area (Å²) >= 11 is 0. The van der Waals surface area contributed by atoms with E-state index in [2.05, 4.69) is 15.2 Å². The minimum Gasteiger partial charge on any atom is -0.494 e. The lowest BCUT2D eigenvalue weighted by atomic mass is 10.3. The van der Waals surface area contributed by atoms with Gasteiger partial charge in [-0.3, -0.25) is 4.79 Å². The predicted molar refractivity (Wildman–Crippen MR) is 97.1 cm³/mol. The lowest BCUT2D eigenvalue weighted by molar-refractivity contribution is -0.116. The van der Waals surface area contributed by atoms with Crippen LogP contribution in [0.25, 0.3) is 0 Å². The van der Waals surface area contributed by atoms with E-state index in [9.17, 15) is 4.79 Å². The third kappa shape index (κ3) is 5.46. The molecule has 1 saturated heterocycles. The highest BCUT2D eigenvalue weighted by atomic mass is 16.5. The zero-order valence-electron chi connectivity index (χ0n) is 14.2. The number of carbonyl (C=O) groups is 1. The van der Waals surface area contributed by atoms with Crippen LogP contribution in [-0.4, -0.2) is 43.8 Å². The molecule has 1 aliphatic rings. The van der Waals surface area contributed by atoms with Crippen LogP contribution in [0.1, 0.15) is 12.8 Å². The van der Waals surface area contributed by atoms with Crippen LogP contribution in [0.4, 0.5) is 11.5 Å². The van der Waals surface area contributed by atoms with E-state index < -0.39 is 0 Å². The number of amides is 1. The van der Waals surface area contributed by atoms with Gasteiger partial charge in [-0.25, -0.2) is 4.98 Å². The van der Waals surface area contributed by atoms with Crippen LogP contribution < -0.4 is 15.0 Å². The fraction of sp³-hybridized carbons (Fsp3) is 0.368. The summed E-state index contributed by atoms with van der Waals surface area (Å²) in [6.45, 7) is 3.73. The zero-order chi connectivity index (χ0) is 17.3. The Morgan fingerprint density at radius 3 is 2.68 bits per heavy atom. The number of nitrogens with one attached hydrogen (secondary N) is 1. The molecule has 3 rings (SSSR count). The lowest BCUT2D eigenvalue weighted by Gasteiger charge is -2.28. The number of benzene rings is 1. The van der Waals surface area contributed by atoms with Crippen LogP contribution in [0.15, 0.2) is 48.7 Å². The first-order chi connectivity index (χ1) is 12.3. The molecule has 1 aliphatic heterocycles. The largest absolute Gasteiger partial charge is 0.494 e. The Labute approximate surface area is 147 Å². The van der Waals surface area contributed by atoms with Crippen LogP contribution >= 0.6 is 0 Å². The maximum atomic E-state index is 12.0. The second-order valence-corrected chi connectivity index (χ2v) is 5.81. The van der Waals surface area contributed by atoms with E-state index in [0.29, 0.717) is 25.3 Å². The van der Waals surface area contributed by atoms with Gasteiger partial charge in [0.25, 0.3) is 0 Å². The average molecular weight is 341 g/mol. The predicted octanol–water partition coefficient (Wildman–Crippen LogP) is 2.72. The van der Waals surface area contributed by atoms with Gasteiger partial charge < -0.3 is 19.7 Å². The number of para-hydroxylation sites is 1. The second-order valence-electron chi connectivity index (χ2n) is 5.81. The smallest absolute Gasteiger partial charge is 0.225 e. The fourth-order valence-corrected chi connectivity index (χ4v) is 2.61. The van der Waals surface area contributed by atoms with Gasteiger partial charge in [0.2, 0.25) is 5.91 Å². The van der Waals surface area contributed by atoms with Gasteiger partial charge in [0.15, 0.2) is 0 Å². The Balaban J connectivity index is 1.38. The highest BCUT2D eigenvalue weighted by Crippen LogP contribution is 2.16. The second kappa shape index (κ2) is 9.03. The molecule has 1 amide bonds. The Morgan fingerprint density at radius 1 is 1.16 bits per heavy atom. The number of morpholine rings is 1. The summed E-state index contributed by atoms with van der Waals surface area (Å²) in [7, 11) is 0. The van der Waals surface area contributed by atoms with Gasteiger partial charge in [0.05, 0.1) is 31.7 Å². The van der Waals surface area contributed by atoms with Crippen LogP contribution in [0, 0.1) is 0 Å². The van der Waals surface area contributed by atoms with Crippen molar-refractivity contribution in [3.05, 3.63) is 48.7 Å². The molecule has 0 radical (unpaired) electrons. The van der Waals surface area contributed by atoms with Crippen molar-refractivity contribution in [1.82, 2.24) is 4.98 Å². The molecular weight excluding hydrogens is 318 g/mol. The number of anilines is 2. The third-order valence-electron chi connectivity index (χ3n) is 3.95. The molecule has 1 N–H and O–H groups in total. The van der Waals surface area contributed by atoms with Crippen LogP contribution in [0.5, 0.6) is 5.75 Å². The number of hydrogen-bond acceptors (Lipinski definition) is 5. The monoisotopic (exact) mass is 341 g/mol. The van der Waals surface area contributed by atoms with Gasteiger partial charge in [-0.05, 0) is 30.7 Å². The molecule has 132 valence electrons. The molecule has 0 bridgehead atoms. The minimum absolute atomic E-state index is 0.0525. The summed E-state index contributed by atoms with van der Waals surface area (Å²) < 4.78 is 10.9. The normalized spacial score (nSPS) is 14.2. The topological polar surface area (TPSA) is 63.7 Å². The molecule has 0 saturated carbocycles. The van der Waals surface area contributed by atoms with Crippen LogP contribution in [0.2, 0.25) is 0 Å². The maximum Gasteiger partial charge on any atom is 0.225 e. The Hall–Kier alpha value is -2.60. The van der Waals surface area contributed by atoms with Gasteiger partial charge in [-0.15, -0.1) is 0 Å². The Morgan fingerprint density at radius 2 is 1.96 bits per heavy atom. The number of ether oxygens (including phenoxy) is 2. The van der Waals surface area contributed by atoms with E-state index in [-0.39, 0.29) is 5.91 Å². The number of rotatable bonds is 7. The molecule has 1 fully saturated rings. The average Bonchev–Trinajstić information content (AvgIpc) is 2.67. The van der Waals surface area contributed by atoms with Crippen molar-refractivity contribution < 1.29 is 14.3 Å². The number of hydrogen-bond donors (Lipinski definition) is 1. The molecule has 0 atom stereocenters. The lowest BCUT2D eigenvalue weighted by Crippen LogP contribution is -2.36. The van der Waals surface area contributed by atoms with Gasteiger partial charge in [-0.1, -0.05) is 18.2 Å². The number of aromatic nitrogens is 1. The molecule has 25 heavy (non-hydrogen) atoms. The van der Waals surface area contributed by atoms with Gasteiger partial charge in [0, 0.05) is 19.5 Å². The number of carbonyl (C=O) groups excluding carboxylic acids is 1. The highest BCUT2D eigenvalue weighted by Gasteiger charge is 2.11. The van der Waals surface area contributed by atoms with Crippen molar-refractivity contribution in [1.29, 1.82) is 0 Å². The summed E-state index contributed by atoms with van der Waals surface area (Å²) in [5, 5.41) is 2.82. The van der Waals surface area contributed by atoms with E-state index in [0.717, 1.165) is 37.7 Å². The molecule has 1 aromatic carbocycles. The Kier molecular flexibility index (Phi) is 6.23. The first kappa shape index (κ1) is 17.2. The fourth-order valence-electron chi connectivity index (χ4n) is 2.61. The summed E-state index contributed by atoms with van der Waals surface area (Å²) in [4.78, 5) is 18.5. The van der Waals surface area contributed by atoms with Crippen molar-refractivity contribution in [2.24, 2.45) is 0 Å². The van der Waals surface area contributed by atoms with Crippen LogP contribution in [-0.2, 0) is 9.53 Å². The van der Waals surface area contributed by atoms with Crippen LogP contribution in [0.3, 0.4) is 0 Å². The molecular formula is C19H23N3O3. The molecule has 6 heteroatoms. The molecule has 2 heterocycles.